The number of nitrogens with zero attached hydrogens (tertiary/aromatic N) is 6. The first-order chi connectivity index (χ1) is 12.3. The predicted molar refractivity (Wildman–Crippen MR) is 117 cm³/mol. The van der Waals surface area contributed by atoms with Gasteiger partial charge in [0.2, 0.25) is 5.95 Å². The molecule has 2 aliphatic heterocycles. The summed E-state index contributed by atoms with van der Waals surface area (Å²) in [6.45, 7) is 10.7. The van der Waals surface area contributed by atoms with Gasteiger partial charge in [0.25, 0.3) is 0 Å². The number of hydrogen-bond acceptors (Lipinski definition) is 5. The van der Waals surface area contributed by atoms with Gasteiger partial charge < -0.3 is 20.0 Å². The van der Waals surface area contributed by atoms with Gasteiger partial charge in [-0.05, 0) is 37.9 Å². The van der Waals surface area contributed by atoms with E-state index in [4.69, 9.17) is 0 Å². The van der Waals surface area contributed by atoms with Crippen molar-refractivity contribution in [1.82, 2.24) is 25.1 Å². The highest BCUT2D eigenvalue weighted by Gasteiger charge is 2.23. The second-order valence-electron chi connectivity index (χ2n) is 6.85. The van der Waals surface area contributed by atoms with Crippen LogP contribution in [-0.4, -0.2) is 85.1 Å². The Morgan fingerprint density at radius 3 is 2.58 bits per heavy atom. The smallest absolute Gasteiger partial charge is 0.225 e. The molecule has 2 saturated heterocycles. The Hall–Kier alpha value is -1.16. The first-order valence-electron chi connectivity index (χ1n) is 9.50. The van der Waals surface area contributed by atoms with Crippen LogP contribution in [0, 0.1) is 5.92 Å². The van der Waals surface area contributed by atoms with Gasteiger partial charge in [0.15, 0.2) is 5.96 Å². The van der Waals surface area contributed by atoms with E-state index in [0.29, 0.717) is 0 Å². The van der Waals surface area contributed by atoms with E-state index in [0.717, 1.165) is 57.1 Å². The van der Waals surface area contributed by atoms with E-state index >= 15 is 0 Å². The minimum Gasteiger partial charge on any atom is -0.356 e. The molecule has 0 saturated carbocycles. The van der Waals surface area contributed by atoms with E-state index in [1.807, 2.05) is 13.1 Å². The summed E-state index contributed by atoms with van der Waals surface area (Å²) in [5, 5.41) is 3.61. The average molecular weight is 473 g/mol. The number of piperazine rings is 1. The van der Waals surface area contributed by atoms with Crippen molar-refractivity contribution in [3.63, 3.8) is 0 Å². The first-order valence-corrected chi connectivity index (χ1v) is 9.50. The molecule has 146 valence electrons. The van der Waals surface area contributed by atoms with Gasteiger partial charge in [-0.3, -0.25) is 4.99 Å². The van der Waals surface area contributed by atoms with Crippen LogP contribution in [0.4, 0.5) is 5.95 Å². The zero-order valence-corrected chi connectivity index (χ0v) is 18.3. The maximum absolute atomic E-state index is 4.50. The highest BCUT2D eigenvalue weighted by molar-refractivity contribution is 14.0. The number of rotatable bonds is 4. The van der Waals surface area contributed by atoms with Gasteiger partial charge in [0, 0.05) is 58.7 Å². The van der Waals surface area contributed by atoms with Crippen LogP contribution in [0.5, 0.6) is 0 Å². The van der Waals surface area contributed by atoms with Crippen molar-refractivity contribution in [2.24, 2.45) is 10.9 Å². The molecule has 0 radical (unpaired) electrons. The molecule has 3 rings (SSSR count). The average Bonchev–Trinajstić information content (AvgIpc) is 2.70. The van der Waals surface area contributed by atoms with Crippen molar-refractivity contribution in [3.05, 3.63) is 18.5 Å². The summed E-state index contributed by atoms with van der Waals surface area (Å²) in [6.07, 6.45) is 6.24. The van der Waals surface area contributed by atoms with Gasteiger partial charge in [-0.25, -0.2) is 9.97 Å². The fourth-order valence-electron chi connectivity index (χ4n) is 3.75. The predicted octanol–water partition coefficient (Wildman–Crippen LogP) is 1.52. The lowest BCUT2D eigenvalue weighted by Crippen LogP contribution is -2.54. The minimum atomic E-state index is 0. The monoisotopic (exact) mass is 473 g/mol. The van der Waals surface area contributed by atoms with Gasteiger partial charge >= 0.3 is 0 Å². The van der Waals surface area contributed by atoms with Crippen LogP contribution in [0.15, 0.2) is 23.5 Å². The second-order valence-corrected chi connectivity index (χ2v) is 6.85. The maximum atomic E-state index is 4.50. The molecule has 2 aliphatic rings. The molecule has 3 heterocycles. The Labute approximate surface area is 174 Å². The molecule has 1 N–H and O–H groups in total. The normalized spacial score (nSPS) is 22.1. The van der Waals surface area contributed by atoms with Crippen LogP contribution < -0.4 is 10.2 Å². The van der Waals surface area contributed by atoms with E-state index in [-0.39, 0.29) is 24.0 Å². The van der Waals surface area contributed by atoms with Crippen LogP contribution in [-0.2, 0) is 0 Å². The summed E-state index contributed by atoms with van der Waals surface area (Å²) in [5.41, 5.74) is 0. The third-order valence-electron chi connectivity index (χ3n) is 5.23. The summed E-state index contributed by atoms with van der Waals surface area (Å²) in [5.74, 6) is 2.58. The van der Waals surface area contributed by atoms with Gasteiger partial charge in [-0.2, -0.15) is 0 Å². The Balaban J connectivity index is 0.00000243. The number of halogens is 1. The lowest BCUT2D eigenvalue weighted by molar-refractivity contribution is 0.182. The SMILES string of the molecule is CCN1CCCC(CNC(=NC)N2CCN(c3ncccn3)CC2)C1.I. The molecule has 1 aromatic heterocycles. The molecule has 1 atom stereocenters. The zero-order valence-electron chi connectivity index (χ0n) is 16.0. The molecule has 8 heteroatoms. The maximum Gasteiger partial charge on any atom is 0.225 e. The minimum absolute atomic E-state index is 0. The van der Waals surface area contributed by atoms with Crippen LogP contribution in [0.3, 0.4) is 0 Å². The van der Waals surface area contributed by atoms with Crippen molar-refractivity contribution in [3.8, 4) is 0 Å². The zero-order chi connectivity index (χ0) is 17.5. The summed E-state index contributed by atoms with van der Waals surface area (Å²) in [7, 11) is 1.88. The van der Waals surface area contributed by atoms with E-state index in [2.05, 4.69) is 41.9 Å². The van der Waals surface area contributed by atoms with Crippen molar-refractivity contribution in [2.45, 2.75) is 19.8 Å². The number of likely N-dealkylation sites (tertiary alicyclic amines) is 1. The number of aliphatic imine (C=N–C) groups is 1. The lowest BCUT2D eigenvalue weighted by atomic mass is 9.98. The Morgan fingerprint density at radius 2 is 1.92 bits per heavy atom. The quantitative estimate of drug-likeness (QED) is 0.407. The summed E-state index contributed by atoms with van der Waals surface area (Å²) in [6, 6.07) is 1.86. The largest absolute Gasteiger partial charge is 0.356 e. The van der Waals surface area contributed by atoms with E-state index in [9.17, 15) is 0 Å². The second kappa shape index (κ2) is 10.9. The molecule has 0 amide bonds. The number of piperidine rings is 1. The number of hydrogen-bond donors (Lipinski definition) is 1. The molecule has 26 heavy (non-hydrogen) atoms. The van der Waals surface area contributed by atoms with Gasteiger partial charge in [-0.15, -0.1) is 24.0 Å². The number of aromatic nitrogens is 2. The molecule has 1 unspecified atom stereocenters. The van der Waals surface area contributed by atoms with Crippen LogP contribution in [0.25, 0.3) is 0 Å². The van der Waals surface area contributed by atoms with Crippen molar-refractivity contribution in [2.75, 3.05) is 64.3 Å². The number of nitrogens with one attached hydrogen (secondary N) is 1. The number of anilines is 1. The van der Waals surface area contributed by atoms with Crippen molar-refractivity contribution in [1.29, 1.82) is 0 Å². The fraction of sp³-hybridized carbons (Fsp3) is 0.722. The summed E-state index contributed by atoms with van der Waals surface area (Å²) >= 11 is 0. The Kier molecular flexibility index (Phi) is 8.83. The van der Waals surface area contributed by atoms with Crippen LogP contribution in [0.2, 0.25) is 0 Å². The van der Waals surface area contributed by atoms with Crippen molar-refractivity contribution >= 4 is 35.9 Å². The highest BCUT2D eigenvalue weighted by atomic mass is 127. The molecule has 7 nitrogen and oxygen atoms in total. The van der Waals surface area contributed by atoms with Crippen LogP contribution >= 0.6 is 24.0 Å². The lowest BCUT2D eigenvalue weighted by Gasteiger charge is -2.37. The van der Waals surface area contributed by atoms with E-state index in [1.54, 1.807) is 12.4 Å². The molecule has 0 spiro atoms. The Bertz CT molecular complexity index is 546. The molecule has 2 fully saturated rings. The topological polar surface area (TPSA) is 59.9 Å². The number of guanidine groups is 1. The van der Waals surface area contributed by atoms with Crippen molar-refractivity contribution < 1.29 is 0 Å². The molecule has 0 bridgehead atoms. The molecular weight excluding hydrogens is 441 g/mol. The third-order valence-corrected chi connectivity index (χ3v) is 5.23. The van der Waals surface area contributed by atoms with Gasteiger partial charge in [-0.1, -0.05) is 6.92 Å². The van der Waals surface area contributed by atoms with E-state index in [1.165, 1.54) is 25.9 Å². The van der Waals surface area contributed by atoms with E-state index < -0.39 is 0 Å². The first kappa shape index (κ1) is 21.1. The summed E-state index contributed by atoms with van der Waals surface area (Å²) < 4.78 is 0. The summed E-state index contributed by atoms with van der Waals surface area (Å²) in [4.78, 5) is 20.3. The molecule has 0 aromatic carbocycles. The Morgan fingerprint density at radius 1 is 1.19 bits per heavy atom. The molecule has 0 aliphatic carbocycles. The highest BCUT2D eigenvalue weighted by Crippen LogP contribution is 2.15. The van der Waals surface area contributed by atoms with Gasteiger partial charge in [0.05, 0.1) is 0 Å². The molecular formula is C18H32IN7. The van der Waals surface area contributed by atoms with Gasteiger partial charge in [0.1, 0.15) is 0 Å². The third kappa shape index (κ3) is 5.67. The molecule has 1 aromatic rings. The van der Waals surface area contributed by atoms with Crippen LogP contribution in [0.1, 0.15) is 19.8 Å². The standard InChI is InChI=1S/C18H31N7.HI/c1-3-23-9-4-6-16(15-23)14-22-17(19-2)24-10-12-25(13-11-24)18-20-7-5-8-21-18;/h5,7-8,16H,3-4,6,9-15H2,1-2H3,(H,19,22);1H. The fourth-order valence-corrected chi connectivity index (χ4v) is 3.75.